The van der Waals surface area contributed by atoms with Crippen LogP contribution in [0.1, 0.15) is 16.7 Å². The molecule has 11 rings (SSSR count). The van der Waals surface area contributed by atoms with Crippen LogP contribution in [0.5, 0.6) is 11.8 Å². The van der Waals surface area contributed by atoms with Crippen LogP contribution in [-0.2, 0) is 19.3 Å². The summed E-state index contributed by atoms with van der Waals surface area (Å²) >= 11 is 0. The zero-order chi connectivity index (χ0) is 32.2. The molecule has 0 unspecified atom stereocenters. The molecule has 0 amide bonds. The van der Waals surface area contributed by atoms with Crippen LogP contribution in [0.4, 0.5) is 0 Å². The third-order valence-corrected chi connectivity index (χ3v) is 14.7. The molecule has 4 aliphatic rings. The SMILES string of the molecule is c1ccc([Si]2(c3ccccc3)CCc3ccc(cc3)-c3cccc(n3)Oc3cccc(n3)-c3ccc(cc3)CCc3ccccc32)cc1. The first kappa shape index (κ1) is 29.8. The van der Waals surface area contributed by atoms with Gasteiger partial charge in [0.2, 0.25) is 11.8 Å². The van der Waals surface area contributed by atoms with Gasteiger partial charge in [-0.3, -0.25) is 0 Å². The highest BCUT2D eigenvalue weighted by Gasteiger charge is 2.40. The van der Waals surface area contributed by atoms with Gasteiger partial charge in [-0.05, 0) is 69.7 Å². The largest absolute Gasteiger partial charge is 0.421 e. The summed E-state index contributed by atoms with van der Waals surface area (Å²) in [5.74, 6) is 1.05. The van der Waals surface area contributed by atoms with Crippen molar-refractivity contribution in [3.63, 3.8) is 0 Å². The molecule has 48 heavy (non-hydrogen) atoms. The smallest absolute Gasteiger partial charge is 0.221 e. The number of ether oxygens (including phenoxy) is 1. The Labute approximate surface area is 283 Å². The second kappa shape index (κ2) is 13.3. The molecule has 0 saturated carbocycles. The van der Waals surface area contributed by atoms with Crippen molar-refractivity contribution in [2.45, 2.75) is 25.3 Å². The van der Waals surface area contributed by atoms with Crippen molar-refractivity contribution in [1.29, 1.82) is 0 Å². The first-order chi connectivity index (χ1) is 23.7. The first-order valence-corrected chi connectivity index (χ1v) is 19.0. The summed E-state index contributed by atoms with van der Waals surface area (Å²) in [5, 5.41) is 4.42. The summed E-state index contributed by atoms with van der Waals surface area (Å²) in [6, 6.07) is 62.5. The predicted octanol–water partition coefficient (Wildman–Crippen LogP) is 8.41. The number of nitrogens with zero attached hydrogens (tertiary/aromatic N) is 2. The Kier molecular flexibility index (Phi) is 8.23. The summed E-state index contributed by atoms with van der Waals surface area (Å²) in [4.78, 5) is 9.67. The van der Waals surface area contributed by atoms with Crippen LogP contribution in [0.2, 0.25) is 6.04 Å². The minimum Gasteiger partial charge on any atom is -0.421 e. The van der Waals surface area contributed by atoms with E-state index in [1.54, 1.807) is 0 Å². The number of rotatable bonds is 2. The van der Waals surface area contributed by atoms with Gasteiger partial charge in [-0.15, -0.1) is 0 Å². The maximum Gasteiger partial charge on any atom is 0.221 e. The third-order valence-electron chi connectivity index (χ3n) is 9.64. The number of benzene rings is 5. The molecule has 4 aliphatic heterocycles. The molecule has 7 aromatic rings. The van der Waals surface area contributed by atoms with Crippen LogP contribution in [-0.4, -0.2) is 18.0 Å². The Morgan fingerprint density at radius 2 is 0.917 bits per heavy atom. The molecule has 8 bridgehead atoms. The first-order valence-electron chi connectivity index (χ1n) is 16.7. The fourth-order valence-electron chi connectivity index (χ4n) is 7.17. The van der Waals surface area contributed by atoms with Gasteiger partial charge in [-0.1, -0.05) is 146 Å². The Hall–Kier alpha value is -5.58. The van der Waals surface area contributed by atoms with Crippen molar-refractivity contribution in [3.05, 3.63) is 187 Å². The topological polar surface area (TPSA) is 35.0 Å². The van der Waals surface area contributed by atoms with Crippen LogP contribution < -0.4 is 20.3 Å². The quantitative estimate of drug-likeness (QED) is 0.179. The average molecular weight is 637 g/mol. The summed E-state index contributed by atoms with van der Waals surface area (Å²) in [6.45, 7) is 0. The number of hydrogen-bond acceptors (Lipinski definition) is 3. The van der Waals surface area contributed by atoms with Crippen LogP contribution in [0.15, 0.2) is 170 Å². The molecule has 4 heteroatoms. The number of hydrogen-bond donors (Lipinski definition) is 0. The highest BCUT2D eigenvalue weighted by atomic mass is 28.3. The maximum atomic E-state index is 6.17. The Bertz CT molecular complexity index is 2110. The standard InChI is InChI=1S/C44H36N2OSi/c1-3-12-38(13-4-1)48(39-14-5-2-6-15-39)32-31-34-23-28-36(29-24-34)41-17-10-20-44(46-41)47-43-19-9-16-40(45-43)35-26-21-33(22-27-35)25-30-37-11-7-8-18-42(37)48/h1-24,26-29H,25,30-32H2. The minimum absolute atomic E-state index is 0.527. The van der Waals surface area contributed by atoms with E-state index < -0.39 is 8.07 Å². The molecule has 0 radical (unpaired) electrons. The summed E-state index contributed by atoms with van der Waals surface area (Å²) in [6.07, 6.45) is 2.92. The van der Waals surface area contributed by atoms with Gasteiger partial charge < -0.3 is 4.74 Å². The molecule has 0 N–H and O–H groups in total. The van der Waals surface area contributed by atoms with Crippen LogP contribution in [0.3, 0.4) is 0 Å². The molecular weight excluding hydrogens is 601 g/mol. The van der Waals surface area contributed by atoms with E-state index in [-0.39, 0.29) is 0 Å². The lowest BCUT2D eigenvalue weighted by Gasteiger charge is -2.35. The Morgan fingerprint density at radius 1 is 0.417 bits per heavy atom. The van der Waals surface area contributed by atoms with Crippen molar-refractivity contribution < 1.29 is 4.74 Å². The van der Waals surface area contributed by atoms with E-state index in [2.05, 4.69) is 133 Å². The minimum atomic E-state index is -2.46. The van der Waals surface area contributed by atoms with Crippen molar-refractivity contribution in [3.8, 4) is 34.3 Å². The zero-order valence-electron chi connectivity index (χ0n) is 26.8. The van der Waals surface area contributed by atoms with Crippen molar-refractivity contribution in [1.82, 2.24) is 9.97 Å². The van der Waals surface area contributed by atoms with Crippen molar-refractivity contribution in [2.75, 3.05) is 0 Å². The summed E-state index contributed by atoms with van der Waals surface area (Å²) in [7, 11) is -2.46. The van der Waals surface area contributed by atoms with Crippen molar-refractivity contribution >= 4 is 23.6 Å². The van der Waals surface area contributed by atoms with Gasteiger partial charge in [0.25, 0.3) is 0 Å². The third kappa shape index (κ3) is 5.99. The van der Waals surface area contributed by atoms with Crippen LogP contribution >= 0.6 is 0 Å². The maximum absolute atomic E-state index is 6.17. The number of pyridine rings is 2. The van der Waals surface area contributed by atoms with Crippen LogP contribution in [0, 0.1) is 0 Å². The molecule has 5 aromatic carbocycles. The van der Waals surface area contributed by atoms with Gasteiger partial charge in [0.1, 0.15) is 8.07 Å². The zero-order valence-corrected chi connectivity index (χ0v) is 27.8. The molecule has 0 saturated heterocycles. The second-order valence-electron chi connectivity index (χ2n) is 12.5. The summed E-state index contributed by atoms with van der Waals surface area (Å²) < 4.78 is 6.17. The lowest BCUT2D eigenvalue weighted by atomic mass is 10.0. The van der Waals surface area contributed by atoms with E-state index >= 15 is 0 Å². The fourth-order valence-corrected chi connectivity index (χ4v) is 12.3. The Balaban J connectivity index is 1.28. The van der Waals surface area contributed by atoms with E-state index in [0.717, 1.165) is 47.8 Å². The van der Waals surface area contributed by atoms with E-state index in [1.807, 2.05) is 36.4 Å². The van der Waals surface area contributed by atoms with E-state index in [4.69, 9.17) is 14.7 Å². The van der Waals surface area contributed by atoms with Crippen molar-refractivity contribution in [2.24, 2.45) is 0 Å². The van der Waals surface area contributed by atoms with Gasteiger partial charge in [-0.2, -0.15) is 0 Å². The number of aryl methyl sites for hydroxylation is 3. The van der Waals surface area contributed by atoms with Crippen LogP contribution in [0.25, 0.3) is 22.5 Å². The fraction of sp³-hybridized carbons (Fsp3) is 0.0909. The van der Waals surface area contributed by atoms with E-state index in [9.17, 15) is 0 Å². The number of aromatic nitrogens is 2. The molecule has 232 valence electrons. The average Bonchev–Trinajstić information content (AvgIpc) is 3.16. The van der Waals surface area contributed by atoms with Gasteiger partial charge in [-0.25, -0.2) is 9.97 Å². The lowest BCUT2D eigenvalue weighted by molar-refractivity contribution is 0.446. The molecule has 0 fully saturated rings. The molecule has 3 nitrogen and oxygen atoms in total. The molecular formula is C44H36N2OSi. The molecule has 0 aliphatic carbocycles. The van der Waals surface area contributed by atoms with E-state index in [1.165, 1.54) is 32.3 Å². The van der Waals surface area contributed by atoms with E-state index in [0.29, 0.717) is 11.8 Å². The lowest BCUT2D eigenvalue weighted by Crippen LogP contribution is -2.68. The molecule has 0 atom stereocenters. The predicted molar refractivity (Wildman–Crippen MR) is 199 cm³/mol. The van der Waals surface area contributed by atoms with Gasteiger partial charge in [0.15, 0.2) is 0 Å². The second-order valence-corrected chi connectivity index (χ2v) is 16.5. The van der Waals surface area contributed by atoms with Gasteiger partial charge >= 0.3 is 0 Å². The van der Waals surface area contributed by atoms with Gasteiger partial charge in [0, 0.05) is 23.3 Å². The van der Waals surface area contributed by atoms with Gasteiger partial charge in [0.05, 0.1) is 11.4 Å². The normalized spacial score (nSPS) is 13.8. The summed E-state index contributed by atoms with van der Waals surface area (Å²) in [5.41, 5.74) is 7.96. The molecule has 6 heterocycles. The monoisotopic (exact) mass is 636 g/mol. The Morgan fingerprint density at radius 3 is 1.48 bits per heavy atom. The molecule has 0 spiro atoms. The highest BCUT2D eigenvalue weighted by Crippen LogP contribution is 2.27. The highest BCUT2D eigenvalue weighted by molar-refractivity contribution is 7.11. The molecule has 2 aromatic heterocycles.